The summed E-state index contributed by atoms with van der Waals surface area (Å²) in [5.74, 6) is -1.56. The van der Waals surface area contributed by atoms with E-state index in [9.17, 15) is 14.7 Å². The van der Waals surface area contributed by atoms with Crippen LogP contribution in [0.15, 0.2) is 47.3 Å². The van der Waals surface area contributed by atoms with Crippen LogP contribution < -0.4 is 5.43 Å². The van der Waals surface area contributed by atoms with Crippen molar-refractivity contribution in [1.29, 1.82) is 0 Å². The molecule has 3 aromatic rings. The van der Waals surface area contributed by atoms with Gasteiger partial charge in [-0.25, -0.2) is 4.79 Å². The fourth-order valence-electron chi connectivity index (χ4n) is 2.27. The number of carboxylic acid groups (broad SMARTS) is 1. The van der Waals surface area contributed by atoms with E-state index in [1.54, 1.807) is 24.3 Å². The monoisotopic (exact) mass is 315 g/mol. The third-order valence-corrected chi connectivity index (χ3v) is 3.70. The highest BCUT2D eigenvalue weighted by atomic mass is 35.5. The molecule has 110 valence electrons. The maximum Gasteiger partial charge on any atom is 0.335 e. The number of rotatable bonds is 2. The van der Waals surface area contributed by atoms with E-state index >= 15 is 0 Å². The zero-order chi connectivity index (χ0) is 15.9. The molecule has 0 amide bonds. The summed E-state index contributed by atoms with van der Waals surface area (Å²) in [4.78, 5) is 26.2. The number of aromatic amines is 1. The quantitative estimate of drug-likeness (QED) is 0.677. The van der Waals surface area contributed by atoms with Gasteiger partial charge in [-0.3, -0.25) is 4.79 Å². The predicted molar refractivity (Wildman–Crippen MR) is 83.6 cm³/mol. The second-order valence-electron chi connectivity index (χ2n) is 4.72. The van der Waals surface area contributed by atoms with Gasteiger partial charge in [0.25, 0.3) is 0 Å². The normalized spacial score (nSPS) is 10.8. The van der Waals surface area contributed by atoms with Gasteiger partial charge in [-0.05, 0) is 24.3 Å². The molecule has 0 aliphatic heterocycles. The highest BCUT2D eigenvalue weighted by Crippen LogP contribution is 2.32. The molecule has 0 radical (unpaired) electrons. The van der Waals surface area contributed by atoms with Crippen molar-refractivity contribution in [2.75, 3.05) is 0 Å². The second kappa shape index (κ2) is 5.20. The molecule has 1 aromatic heterocycles. The van der Waals surface area contributed by atoms with Gasteiger partial charge >= 0.3 is 5.97 Å². The molecule has 1 heterocycles. The molecule has 0 fully saturated rings. The van der Waals surface area contributed by atoms with E-state index in [0.717, 1.165) is 0 Å². The van der Waals surface area contributed by atoms with E-state index in [-0.39, 0.29) is 16.6 Å². The number of benzene rings is 2. The van der Waals surface area contributed by atoms with Gasteiger partial charge in [0.1, 0.15) is 0 Å². The Labute approximate surface area is 129 Å². The molecule has 0 saturated carbocycles. The Kier molecular flexibility index (Phi) is 3.35. The van der Waals surface area contributed by atoms with E-state index in [1.165, 1.54) is 18.2 Å². The number of hydrogen-bond donors (Lipinski definition) is 3. The topological polar surface area (TPSA) is 90.4 Å². The van der Waals surface area contributed by atoms with Crippen LogP contribution in [0.5, 0.6) is 5.75 Å². The molecule has 6 heteroatoms. The summed E-state index contributed by atoms with van der Waals surface area (Å²) in [5.41, 5.74) is 0.393. The molecular weight excluding hydrogens is 306 g/mol. The predicted octanol–water partition coefficient (Wildman–Crippen LogP) is 3.25. The fraction of sp³-hybridized carbons (Fsp3) is 0. The van der Waals surface area contributed by atoms with Crippen LogP contribution in [0.1, 0.15) is 10.4 Å². The largest absolute Gasteiger partial charge is 0.503 e. The van der Waals surface area contributed by atoms with Gasteiger partial charge in [-0.2, -0.15) is 0 Å². The van der Waals surface area contributed by atoms with Gasteiger partial charge < -0.3 is 15.2 Å². The Morgan fingerprint density at radius 3 is 2.55 bits per heavy atom. The highest BCUT2D eigenvalue weighted by molar-refractivity contribution is 6.33. The summed E-state index contributed by atoms with van der Waals surface area (Å²) < 4.78 is 0. The van der Waals surface area contributed by atoms with Crippen molar-refractivity contribution < 1.29 is 15.0 Å². The number of aromatic nitrogens is 1. The van der Waals surface area contributed by atoms with Gasteiger partial charge in [0.2, 0.25) is 5.43 Å². The van der Waals surface area contributed by atoms with Crippen LogP contribution in [-0.2, 0) is 0 Å². The van der Waals surface area contributed by atoms with E-state index in [0.29, 0.717) is 16.1 Å². The lowest BCUT2D eigenvalue weighted by Crippen LogP contribution is -2.06. The van der Waals surface area contributed by atoms with E-state index in [4.69, 9.17) is 16.7 Å². The summed E-state index contributed by atoms with van der Waals surface area (Å²) in [6.07, 6.45) is 0. The van der Waals surface area contributed by atoms with Crippen molar-refractivity contribution in [3.8, 4) is 17.0 Å². The molecule has 0 saturated heterocycles. The first-order valence-electron chi connectivity index (χ1n) is 6.36. The standard InChI is InChI=1S/C16H10ClNO4/c17-11-4-2-1-3-9(11)13-15(20)14(19)10-6-5-8(16(21)22)7-12(10)18-13/h1-7,20H,(H,18,19)(H,21,22). The molecule has 0 unspecified atom stereocenters. The molecule has 3 N–H and O–H groups in total. The van der Waals surface area contributed by atoms with Crippen LogP contribution in [0.3, 0.4) is 0 Å². The van der Waals surface area contributed by atoms with Crippen molar-refractivity contribution in [3.05, 3.63) is 63.3 Å². The zero-order valence-electron chi connectivity index (χ0n) is 11.1. The average molecular weight is 316 g/mol. The summed E-state index contributed by atoms with van der Waals surface area (Å²) in [7, 11) is 0. The minimum Gasteiger partial charge on any atom is -0.503 e. The van der Waals surface area contributed by atoms with Crippen molar-refractivity contribution in [2.45, 2.75) is 0 Å². The van der Waals surface area contributed by atoms with Crippen LogP contribution in [0.2, 0.25) is 5.02 Å². The minimum atomic E-state index is -1.10. The van der Waals surface area contributed by atoms with Gasteiger partial charge in [-0.15, -0.1) is 0 Å². The lowest BCUT2D eigenvalue weighted by Gasteiger charge is -2.09. The molecule has 3 rings (SSSR count). The Hall–Kier alpha value is -2.79. The first-order chi connectivity index (χ1) is 10.5. The maximum atomic E-state index is 12.3. The Morgan fingerprint density at radius 1 is 1.14 bits per heavy atom. The molecule has 0 bridgehead atoms. The molecule has 0 aliphatic carbocycles. The number of nitrogens with one attached hydrogen (secondary N) is 1. The van der Waals surface area contributed by atoms with Crippen LogP contribution in [-0.4, -0.2) is 21.2 Å². The average Bonchev–Trinajstić information content (AvgIpc) is 2.51. The number of carboxylic acids is 1. The first kappa shape index (κ1) is 14.2. The number of halogens is 1. The number of pyridine rings is 1. The van der Waals surface area contributed by atoms with E-state index in [2.05, 4.69) is 4.98 Å². The fourth-order valence-corrected chi connectivity index (χ4v) is 2.50. The van der Waals surface area contributed by atoms with E-state index in [1.807, 2.05) is 0 Å². The SMILES string of the molecule is O=C(O)c1ccc2c(=O)c(O)c(-c3ccccc3Cl)[nH]c2c1. The zero-order valence-corrected chi connectivity index (χ0v) is 11.9. The van der Waals surface area contributed by atoms with Crippen LogP contribution in [0, 0.1) is 0 Å². The van der Waals surface area contributed by atoms with Crippen molar-refractivity contribution in [2.24, 2.45) is 0 Å². The number of carbonyl (C=O) groups is 1. The van der Waals surface area contributed by atoms with Crippen molar-refractivity contribution in [3.63, 3.8) is 0 Å². The third-order valence-electron chi connectivity index (χ3n) is 3.37. The molecule has 22 heavy (non-hydrogen) atoms. The molecule has 5 nitrogen and oxygen atoms in total. The number of aromatic carboxylic acids is 1. The minimum absolute atomic E-state index is 0.0407. The van der Waals surface area contributed by atoms with Gasteiger partial charge in [0, 0.05) is 10.9 Å². The van der Waals surface area contributed by atoms with Crippen LogP contribution in [0.4, 0.5) is 0 Å². The Bertz CT molecular complexity index is 962. The summed E-state index contributed by atoms with van der Waals surface area (Å²) in [6.45, 7) is 0. The molecule has 0 aliphatic rings. The Morgan fingerprint density at radius 2 is 1.86 bits per heavy atom. The van der Waals surface area contributed by atoms with Crippen molar-refractivity contribution >= 4 is 28.5 Å². The van der Waals surface area contributed by atoms with Crippen LogP contribution in [0.25, 0.3) is 22.2 Å². The molecule has 0 atom stereocenters. The van der Waals surface area contributed by atoms with E-state index < -0.39 is 17.1 Å². The van der Waals surface area contributed by atoms with Crippen molar-refractivity contribution in [1.82, 2.24) is 4.98 Å². The maximum absolute atomic E-state index is 12.3. The summed E-state index contributed by atoms with van der Waals surface area (Å²) in [5, 5.41) is 19.7. The number of aromatic hydroxyl groups is 1. The molecule has 0 spiro atoms. The number of H-pyrrole nitrogens is 1. The number of hydrogen-bond acceptors (Lipinski definition) is 3. The Balaban J connectivity index is 2.37. The lowest BCUT2D eigenvalue weighted by molar-refractivity contribution is 0.0697. The molecular formula is C16H10ClNO4. The summed E-state index contributed by atoms with van der Waals surface area (Å²) in [6, 6.07) is 10.8. The van der Waals surface area contributed by atoms with Crippen LogP contribution >= 0.6 is 11.6 Å². The van der Waals surface area contributed by atoms with Gasteiger partial charge in [0.05, 0.1) is 21.8 Å². The third kappa shape index (κ3) is 2.21. The first-order valence-corrected chi connectivity index (χ1v) is 6.74. The van der Waals surface area contributed by atoms with Gasteiger partial charge in [0.15, 0.2) is 5.75 Å². The highest BCUT2D eigenvalue weighted by Gasteiger charge is 2.15. The smallest absolute Gasteiger partial charge is 0.335 e. The summed E-state index contributed by atoms with van der Waals surface area (Å²) >= 11 is 6.09. The number of fused-ring (bicyclic) bond motifs is 1. The molecule has 2 aromatic carbocycles. The second-order valence-corrected chi connectivity index (χ2v) is 5.13. The van der Waals surface area contributed by atoms with Gasteiger partial charge in [-0.1, -0.05) is 29.8 Å². The lowest BCUT2D eigenvalue weighted by atomic mass is 10.1.